The number of rotatable bonds is 3. The Morgan fingerprint density at radius 1 is 1.29 bits per heavy atom. The molecule has 1 saturated carbocycles. The van der Waals surface area contributed by atoms with Crippen molar-refractivity contribution in [1.82, 2.24) is 5.32 Å². The molecule has 0 radical (unpaired) electrons. The number of carbonyl (C=O) groups is 1. The van der Waals surface area contributed by atoms with Crippen LogP contribution in [0.2, 0.25) is 0 Å². The fourth-order valence-electron chi connectivity index (χ4n) is 2.83. The third kappa shape index (κ3) is 4.20. The van der Waals surface area contributed by atoms with Crippen molar-refractivity contribution in [2.24, 2.45) is 5.92 Å². The van der Waals surface area contributed by atoms with Crippen LogP contribution in [0.3, 0.4) is 0 Å². The molecule has 0 saturated heterocycles. The molecule has 2 N–H and O–H groups in total. The number of anilines is 1. The first kappa shape index (κ1) is 15.8. The van der Waals surface area contributed by atoms with E-state index in [0.29, 0.717) is 17.2 Å². The predicted octanol–water partition coefficient (Wildman–Crippen LogP) is 2.71. The fourth-order valence-corrected chi connectivity index (χ4v) is 3.79. The van der Waals surface area contributed by atoms with Crippen LogP contribution in [-0.4, -0.2) is 26.7 Å². The van der Waals surface area contributed by atoms with Gasteiger partial charge in [-0.1, -0.05) is 6.92 Å². The van der Waals surface area contributed by atoms with Crippen molar-refractivity contribution in [2.75, 3.05) is 11.6 Å². The lowest BCUT2D eigenvalue weighted by molar-refractivity contribution is 0.248. The maximum Gasteiger partial charge on any atom is 0.319 e. The minimum absolute atomic E-state index is 0.233. The van der Waals surface area contributed by atoms with E-state index in [1.165, 1.54) is 12.3 Å². The Bertz CT molecular complexity index is 640. The van der Waals surface area contributed by atoms with Crippen molar-refractivity contribution in [2.45, 2.75) is 44.0 Å². The molecule has 0 bridgehead atoms. The Kier molecular flexibility index (Phi) is 4.56. The number of amides is 2. The van der Waals surface area contributed by atoms with E-state index in [1.54, 1.807) is 19.1 Å². The van der Waals surface area contributed by atoms with Gasteiger partial charge in [-0.05, 0) is 55.9 Å². The third-order valence-electron chi connectivity index (χ3n) is 3.86. The maximum absolute atomic E-state index is 11.9. The second-order valence-electron chi connectivity index (χ2n) is 5.97. The van der Waals surface area contributed by atoms with Crippen LogP contribution < -0.4 is 10.6 Å². The highest BCUT2D eigenvalue weighted by Gasteiger charge is 2.22. The van der Waals surface area contributed by atoms with Gasteiger partial charge < -0.3 is 10.6 Å². The zero-order valence-corrected chi connectivity index (χ0v) is 13.5. The summed E-state index contributed by atoms with van der Waals surface area (Å²) >= 11 is 0. The first-order valence-corrected chi connectivity index (χ1v) is 9.03. The van der Waals surface area contributed by atoms with Crippen LogP contribution in [-0.2, 0) is 9.84 Å². The molecular weight excluding hydrogens is 288 g/mol. The van der Waals surface area contributed by atoms with Gasteiger partial charge >= 0.3 is 6.03 Å². The van der Waals surface area contributed by atoms with Crippen molar-refractivity contribution < 1.29 is 13.2 Å². The smallest absolute Gasteiger partial charge is 0.319 e. The van der Waals surface area contributed by atoms with Crippen LogP contribution in [0.25, 0.3) is 0 Å². The molecule has 2 unspecified atom stereocenters. The summed E-state index contributed by atoms with van der Waals surface area (Å²) in [6.45, 7) is 3.91. The second-order valence-corrected chi connectivity index (χ2v) is 7.95. The quantitative estimate of drug-likeness (QED) is 0.901. The van der Waals surface area contributed by atoms with E-state index < -0.39 is 9.84 Å². The molecule has 2 amide bonds. The lowest BCUT2D eigenvalue weighted by atomic mass is 10.1. The Morgan fingerprint density at radius 2 is 2.00 bits per heavy atom. The molecule has 1 aromatic rings. The molecule has 1 aliphatic carbocycles. The number of benzene rings is 1. The Hall–Kier alpha value is -1.56. The number of carbonyl (C=O) groups excluding carboxylic acids is 1. The van der Waals surface area contributed by atoms with Gasteiger partial charge in [0.15, 0.2) is 9.84 Å². The third-order valence-corrected chi connectivity index (χ3v) is 5.12. The average Bonchev–Trinajstić information content (AvgIpc) is 2.72. The van der Waals surface area contributed by atoms with Gasteiger partial charge in [0.2, 0.25) is 0 Å². The number of urea groups is 1. The fraction of sp³-hybridized carbons (Fsp3) is 0.533. The molecule has 5 nitrogen and oxygen atoms in total. The highest BCUT2D eigenvalue weighted by molar-refractivity contribution is 7.90. The van der Waals surface area contributed by atoms with Crippen molar-refractivity contribution in [3.63, 3.8) is 0 Å². The standard InChI is InChI=1S/C15H22N2O3S/c1-10-4-5-12(8-10)16-15(18)17-13-6-7-14(11(2)9-13)21(3,19)20/h6-7,9-10,12H,4-5,8H2,1-3H3,(H2,16,17,18). The number of aryl methyl sites for hydroxylation is 1. The SMILES string of the molecule is Cc1cc(NC(=O)NC2CCC(C)C2)ccc1S(C)(=O)=O. The van der Waals surface area contributed by atoms with E-state index in [-0.39, 0.29) is 17.0 Å². The molecule has 1 aliphatic rings. The summed E-state index contributed by atoms with van der Waals surface area (Å²) in [5.41, 5.74) is 1.23. The van der Waals surface area contributed by atoms with Gasteiger partial charge in [-0.25, -0.2) is 13.2 Å². The van der Waals surface area contributed by atoms with Crippen molar-refractivity contribution >= 4 is 21.6 Å². The van der Waals surface area contributed by atoms with Gasteiger partial charge in [-0.15, -0.1) is 0 Å². The van der Waals surface area contributed by atoms with E-state index in [9.17, 15) is 13.2 Å². The van der Waals surface area contributed by atoms with E-state index in [0.717, 1.165) is 19.3 Å². The van der Waals surface area contributed by atoms with Gasteiger partial charge in [-0.2, -0.15) is 0 Å². The maximum atomic E-state index is 11.9. The molecule has 6 heteroatoms. The van der Waals surface area contributed by atoms with Crippen LogP contribution in [0.5, 0.6) is 0 Å². The van der Waals surface area contributed by atoms with Gasteiger partial charge in [0.1, 0.15) is 0 Å². The van der Waals surface area contributed by atoms with Crippen molar-refractivity contribution in [3.05, 3.63) is 23.8 Å². The molecular formula is C15H22N2O3S. The molecule has 0 aromatic heterocycles. The normalized spacial score (nSPS) is 22.0. The first-order chi connectivity index (χ1) is 9.75. The topological polar surface area (TPSA) is 75.3 Å². The minimum Gasteiger partial charge on any atom is -0.335 e. The van der Waals surface area contributed by atoms with Crippen molar-refractivity contribution in [3.8, 4) is 0 Å². The van der Waals surface area contributed by atoms with E-state index >= 15 is 0 Å². The zero-order valence-electron chi connectivity index (χ0n) is 12.6. The zero-order chi connectivity index (χ0) is 15.6. The summed E-state index contributed by atoms with van der Waals surface area (Å²) < 4.78 is 23.1. The molecule has 1 aromatic carbocycles. The van der Waals surface area contributed by atoms with Crippen LogP contribution in [0, 0.1) is 12.8 Å². The lowest BCUT2D eigenvalue weighted by Crippen LogP contribution is -2.36. The lowest BCUT2D eigenvalue weighted by Gasteiger charge is -2.14. The average molecular weight is 310 g/mol. The van der Waals surface area contributed by atoms with Crippen LogP contribution in [0.1, 0.15) is 31.7 Å². The number of sulfone groups is 1. The summed E-state index contributed by atoms with van der Waals surface area (Å²) in [4.78, 5) is 12.2. The molecule has 1 fully saturated rings. The van der Waals surface area contributed by atoms with Gasteiger partial charge in [0.25, 0.3) is 0 Å². The van der Waals surface area contributed by atoms with Crippen LogP contribution in [0.4, 0.5) is 10.5 Å². The Balaban J connectivity index is 2.00. The first-order valence-electron chi connectivity index (χ1n) is 7.14. The number of nitrogens with one attached hydrogen (secondary N) is 2. The summed E-state index contributed by atoms with van der Waals surface area (Å²) in [7, 11) is -3.23. The second kappa shape index (κ2) is 6.05. The summed E-state index contributed by atoms with van der Waals surface area (Å²) in [5, 5.41) is 5.71. The summed E-state index contributed by atoms with van der Waals surface area (Å²) in [6, 6.07) is 4.81. The highest BCUT2D eigenvalue weighted by atomic mass is 32.2. The van der Waals surface area contributed by atoms with Crippen LogP contribution in [0.15, 0.2) is 23.1 Å². The Labute approximate surface area is 126 Å². The molecule has 2 atom stereocenters. The molecule has 2 rings (SSSR count). The van der Waals surface area contributed by atoms with Crippen LogP contribution >= 0.6 is 0 Å². The molecule has 0 spiro atoms. The summed E-state index contributed by atoms with van der Waals surface area (Å²) in [5.74, 6) is 0.659. The minimum atomic E-state index is -3.23. The number of hydrogen-bond acceptors (Lipinski definition) is 3. The van der Waals surface area contributed by atoms with E-state index in [2.05, 4.69) is 17.6 Å². The van der Waals surface area contributed by atoms with E-state index in [1.807, 2.05) is 0 Å². The molecule has 0 aliphatic heterocycles. The van der Waals surface area contributed by atoms with E-state index in [4.69, 9.17) is 0 Å². The predicted molar refractivity (Wildman–Crippen MR) is 83.2 cm³/mol. The highest BCUT2D eigenvalue weighted by Crippen LogP contribution is 2.25. The monoisotopic (exact) mass is 310 g/mol. The van der Waals surface area contributed by atoms with Gasteiger partial charge in [0.05, 0.1) is 4.90 Å². The van der Waals surface area contributed by atoms with Gasteiger partial charge in [0, 0.05) is 18.0 Å². The van der Waals surface area contributed by atoms with Gasteiger partial charge in [-0.3, -0.25) is 0 Å². The largest absolute Gasteiger partial charge is 0.335 e. The molecule has 0 heterocycles. The summed E-state index contributed by atoms with van der Waals surface area (Å²) in [6.07, 6.45) is 4.35. The number of hydrogen-bond donors (Lipinski definition) is 2. The molecule has 116 valence electrons. The van der Waals surface area contributed by atoms with Crippen molar-refractivity contribution in [1.29, 1.82) is 0 Å². The molecule has 21 heavy (non-hydrogen) atoms. The Morgan fingerprint density at radius 3 is 2.52 bits per heavy atom.